The molecule has 0 amide bonds. The fraction of sp³-hybridized carbons (Fsp3) is 0.625. The minimum atomic E-state index is -0.237. The molecule has 0 heterocycles. The quantitative estimate of drug-likeness (QED) is 0.808. The maximum absolute atomic E-state index is 10.2. The number of halogens is 2. The highest BCUT2D eigenvalue weighted by Gasteiger charge is 2.51. The van der Waals surface area contributed by atoms with Crippen molar-refractivity contribution in [3.63, 3.8) is 0 Å². The highest BCUT2D eigenvalue weighted by Crippen LogP contribution is 2.55. The van der Waals surface area contributed by atoms with Gasteiger partial charge in [0.25, 0.3) is 0 Å². The van der Waals surface area contributed by atoms with Crippen LogP contribution in [0.2, 0.25) is 10.0 Å². The summed E-state index contributed by atoms with van der Waals surface area (Å²) < 4.78 is 0. The van der Waals surface area contributed by atoms with E-state index in [2.05, 4.69) is 20.8 Å². The van der Waals surface area contributed by atoms with Gasteiger partial charge in [-0.05, 0) is 41.9 Å². The first-order valence-corrected chi connectivity index (χ1v) is 7.67. The Morgan fingerprint density at radius 1 is 1.26 bits per heavy atom. The summed E-state index contributed by atoms with van der Waals surface area (Å²) in [6.07, 6.45) is 3.49. The number of benzene rings is 1. The third-order valence-corrected chi connectivity index (χ3v) is 5.91. The van der Waals surface area contributed by atoms with Crippen LogP contribution in [0.15, 0.2) is 18.2 Å². The van der Waals surface area contributed by atoms with Gasteiger partial charge in [-0.3, -0.25) is 0 Å². The highest BCUT2D eigenvalue weighted by molar-refractivity contribution is 6.42. The molecule has 1 aliphatic rings. The van der Waals surface area contributed by atoms with Crippen molar-refractivity contribution in [2.45, 2.75) is 45.4 Å². The van der Waals surface area contributed by atoms with Crippen LogP contribution in [-0.2, 0) is 5.41 Å². The molecule has 0 bridgehead atoms. The molecule has 1 fully saturated rings. The summed E-state index contributed by atoms with van der Waals surface area (Å²) in [5.74, 6) is 0.429. The second-order valence-corrected chi connectivity index (χ2v) is 7.25. The van der Waals surface area contributed by atoms with E-state index in [0.717, 1.165) is 18.4 Å². The van der Waals surface area contributed by atoms with Crippen molar-refractivity contribution in [2.75, 3.05) is 6.61 Å². The first-order valence-electron chi connectivity index (χ1n) is 6.91. The van der Waals surface area contributed by atoms with E-state index in [-0.39, 0.29) is 17.4 Å². The molecule has 0 unspecified atom stereocenters. The van der Waals surface area contributed by atoms with Crippen LogP contribution in [0, 0.1) is 11.3 Å². The van der Waals surface area contributed by atoms with Crippen LogP contribution in [0.1, 0.15) is 45.6 Å². The molecule has 0 saturated heterocycles. The maximum atomic E-state index is 10.2. The Bertz CT molecular complexity index is 470. The smallest absolute Gasteiger partial charge is 0.0595 e. The topological polar surface area (TPSA) is 20.2 Å². The zero-order valence-corrected chi connectivity index (χ0v) is 13.4. The minimum absolute atomic E-state index is 0.0522. The third kappa shape index (κ3) is 2.30. The van der Waals surface area contributed by atoms with Crippen LogP contribution in [-0.4, -0.2) is 11.7 Å². The van der Waals surface area contributed by atoms with Gasteiger partial charge >= 0.3 is 0 Å². The van der Waals surface area contributed by atoms with E-state index in [1.165, 1.54) is 6.42 Å². The molecule has 106 valence electrons. The van der Waals surface area contributed by atoms with Gasteiger partial charge in [0.1, 0.15) is 0 Å². The van der Waals surface area contributed by atoms with Crippen LogP contribution in [0.3, 0.4) is 0 Å². The second-order valence-electron chi connectivity index (χ2n) is 6.44. The van der Waals surface area contributed by atoms with Gasteiger partial charge in [0.15, 0.2) is 0 Å². The fourth-order valence-electron chi connectivity index (χ4n) is 3.90. The summed E-state index contributed by atoms with van der Waals surface area (Å²) in [6, 6.07) is 5.80. The molecule has 1 aromatic rings. The Kier molecular flexibility index (Phi) is 4.21. The third-order valence-electron chi connectivity index (χ3n) is 5.17. The summed E-state index contributed by atoms with van der Waals surface area (Å²) in [7, 11) is 0. The SMILES string of the molecule is C[C@H]1CCCC(C)(C)[C@]1(CO)c1ccc(Cl)c(Cl)c1. The van der Waals surface area contributed by atoms with Crippen molar-refractivity contribution in [2.24, 2.45) is 11.3 Å². The lowest BCUT2D eigenvalue weighted by Gasteiger charge is -2.54. The summed E-state index contributed by atoms with van der Waals surface area (Å²) in [5.41, 5.74) is 0.928. The number of hydrogen-bond donors (Lipinski definition) is 1. The predicted octanol–water partition coefficient (Wildman–Crippen LogP) is 5.07. The highest BCUT2D eigenvalue weighted by atomic mass is 35.5. The monoisotopic (exact) mass is 300 g/mol. The van der Waals surface area contributed by atoms with E-state index >= 15 is 0 Å². The zero-order valence-electron chi connectivity index (χ0n) is 11.8. The Labute approximate surface area is 125 Å². The average Bonchev–Trinajstić information content (AvgIpc) is 2.33. The summed E-state index contributed by atoms with van der Waals surface area (Å²) >= 11 is 12.2. The lowest BCUT2D eigenvalue weighted by Crippen LogP contribution is -2.52. The molecule has 0 aliphatic heterocycles. The van der Waals surface area contributed by atoms with E-state index in [1.54, 1.807) is 0 Å². The van der Waals surface area contributed by atoms with Gasteiger partial charge in [-0.15, -0.1) is 0 Å². The van der Waals surface area contributed by atoms with Crippen molar-refractivity contribution in [1.29, 1.82) is 0 Å². The Morgan fingerprint density at radius 3 is 2.47 bits per heavy atom. The molecule has 0 spiro atoms. The number of hydrogen-bond acceptors (Lipinski definition) is 1. The van der Waals surface area contributed by atoms with Crippen molar-refractivity contribution in [3.05, 3.63) is 33.8 Å². The average molecular weight is 301 g/mol. The van der Waals surface area contributed by atoms with E-state index in [9.17, 15) is 5.11 Å². The van der Waals surface area contributed by atoms with Crippen molar-refractivity contribution < 1.29 is 5.11 Å². The first-order chi connectivity index (χ1) is 8.85. The maximum Gasteiger partial charge on any atom is 0.0595 e. The van der Waals surface area contributed by atoms with E-state index < -0.39 is 0 Å². The van der Waals surface area contributed by atoms with Gasteiger partial charge in [0.2, 0.25) is 0 Å². The van der Waals surface area contributed by atoms with Gasteiger partial charge in [-0.2, -0.15) is 0 Å². The van der Waals surface area contributed by atoms with Gasteiger partial charge in [0, 0.05) is 5.41 Å². The van der Waals surface area contributed by atoms with E-state index in [1.807, 2.05) is 18.2 Å². The van der Waals surface area contributed by atoms with Crippen molar-refractivity contribution >= 4 is 23.2 Å². The number of aliphatic hydroxyl groups is 1. The van der Waals surface area contributed by atoms with Crippen LogP contribution in [0.4, 0.5) is 0 Å². The lowest BCUT2D eigenvalue weighted by molar-refractivity contribution is -0.00719. The summed E-state index contributed by atoms with van der Waals surface area (Å²) in [5, 5.41) is 11.3. The largest absolute Gasteiger partial charge is 0.395 e. The molecule has 1 nitrogen and oxygen atoms in total. The zero-order chi connectivity index (χ0) is 14.3. The Morgan fingerprint density at radius 2 is 1.95 bits per heavy atom. The predicted molar refractivity (Wildman–Crippen MR) is 82.0 cm³/mol. The molecule has 2 atom stereocenters. The molecule has 2 rings (SSSR count). The molecule has 19 heavy (non-hydrogen) atoms. The standard InChI is InChI=1S/C16H22Cl2O/c1-11-5-4-8-15(2,3)16(11,10-19)12-6-7-13(17)14(18)9-12/h6-7,9,11,19H,4-5,8,10H2,1-3H3/t11-,16-/m0/s1. The first kappa shape index (κ1) is 15.2. The van der Waals surface area contributed by atoms with E-state index in [0.29, 0.717) is 16.0 Å². The molecule has 0 aromatic heterocycles. The van der Waals surface area contributed by atoms with Crippen LogP contribution < -0.4 is 0 Å². The van der Waals surface area contributed by atoms with Crippen LogP contribution in [0.5, 0.6) is 0 Å². The molecule has 1 saturated carbocycles. The Balaban J connectivity index is 2.59. The van der Waals surface area contributed by atoms with Gasteiger partial charge < -0.3 is 5.11 Å². The number of rotatable bonds is 2. The van der Waals surface area contributed by atoms with Gasteiger partial charge in [-0.1, -0.05) is 56.5 Å². The molecule has 0 radical (unpaired) electrons. The van der Waals surface area contributed by atoms with E-state index in [4.69, 9.17) is 23.2 Å². The normalized spacial score (nSPS) is 30.3. The number of aliphatic hydroxyl groups excluding tert-OH is 1. The molecular weight excluding hydrogens is 279 g/mol. The molecule has 1 N–H and O–H groups in total. The fourth-order valence-corrected chi connectivity index (χ4v) is 4.19. The minimum Gasteiger partial charge on any atom is -0.395 e. The summed E-state index contributed by atoms with van der Waals surface area (Å²) in [4.78, 5) is 0. The molecule has 3 heteroatoms. The lowest BCUT2D eigenvalue weighted by atomic mass is 9.51. The van der Waals surface area contributed by atoms with Crippen molar-refractivity contribution in [1.82, 2.24) is 0 Å². The van der Waals surface area contributed by atoms with Crippen LogP contribution in [0.25, 0.3) is 0 Å². The molecular formula is C16H22Cl2O. The second kappa shape index (κ2) is 5.27. The van der Waals surface area contributed by atoms with Gasteiger partial charge in [-0.25, -0.2) is 0 Å². The molecule has 1 aromatic carbocycles. The Hall–Kier alpha value is -0.240. The van der Waals surface area contributed by atoms with Crippen molar-refractivity contribution in [3.8, 4) is 0 Å². The molecule has 1 aliphatic carbocycles. The van der Waals surface area contributed by atoms with Crippen LogP contribution >= 0.6 is 23.2 Å². The summed E-state index contributed by atoms with van der Waals surface area (Å²) in [6.45, 7) is 6.89. The van der Waals surface area contributed by atoms with Gasteiger partial charge in [0.05, 0.1) is 16.7 Å².